The van der Waals surface area contributed by atoms with Crippen LogP contribution in [0.3, 0.4) is 0 Å². The van der Waals surface area contributed by atoms with E-state index in [9.17, 15) is 4.79 Å². The quantitative estimate of drug-likeness (QED) is 0.472. The number of thiophene rings is 1. The Balaban J connectivity index is 1.48. The first-order valence-electron chi connectivity index (χ1n) is 7.23. The van der Waals surface area contributed by atoms with Gasteiger partial charge in [-0.1, -0.05) is 29.5 Å². The van der Waals surface area contributed by atoms with Crippen LogP contribution in [0.1, 0.15) is 10.4 Å². The molecule has 0 aliphatic rings. The second-order valence-electron chi connectivity index (χ2n) is 4.86. The van der Waals surface area contributed by atoms with E-state index in [-0.39, 0.29) is 5.91 Å². The molecule has 0 saturated carbocycles. The number of carbonyl (C=O) groups is 1. The third-order valence-corrected chi connectivity index (χ3v) is 6.67. The van der Waals surface area contributed by atoms with Crippen LogP contribution >= 0.6 is 50.4 Å². The van der Waals surface area contributed by atoms with Crippen molar-refractivity contribution in [2.24, 2.45) is 0 Å². The van der Waals surface area contributed by atoms with Crippen LogP contribution in [0.15, 0.2) is 61.9 Å². The number of halogens is 1. The van der Waals surface area contributed by atoms with Gasteiger partial charge in [0, 0.05) is 5.56 Å². The summed E-state index contributed by atoms with van der Waals surface area (Å²) in [6, 6.07) is 12.9. The predicted molar refractivity (Wildman–Crippen MR) is 105 cm³/mol. The van der Waals surface area contributed by atoms with Gasteiger partial charge in [-0.25, -0.2) is 4.98 Å². The Morgan fingerprint density at radius 3 is 2.77 bits per heavy atom. The van der Waals surface area contributed by atoms with Gasteiger partial charge in [0.1, 0.15) is 10.0 Å². The van der Waals surface area contributed by atoms with E-state index in [4.69, 9.17) is 0 Å². The van der Waals surface area contributed by atoms with E-state index in [0.29, 0.717) is 15.7 Å². The van der Waals surface area contributed by atoms with Crippen molar-refractivity contribution in [3.05, 3.63) is 58.0 Å². The normalized spacial score (nSPS) is 10.8. The molecule has 7 nitrogen and oxygen atoms in total. The largest absolute Gasteiger partial charge is 0.312 e. The maximum atomic E-state index is 12.2. The third kappa shape index (κ3) is 3.85. The van der Waals surface area contributed by atoms with Crippen molar-refractivity contribution in [1.82, 2.24) is 25.2 Å². The Kier molecular flexibility index (Phi) is 5.11. The highest BCUT2D eigenvalue weighted by molar-refractivity contribution is 9.11. The number of hydrogen-bond acceptors (Lipinski definition) is 8. The van der Waals surface area contributed by atoms with Crippen molar-refractivity contribution in [3.63, 3.8) is 0 Å². The van der Waals surface area contributed by atoms with Crippen LogP contribution in [0, 0.1) is 0 Å². The van der Waals surface area contributed by atoms with E-state index in [2.05, 4.69) is 41.8 Å². The molecule has 0 atom stereocenters. The van der Waals surface area contributed by atoms with Crippen LogP contribution < -0.4 is 5.32 Å². The van der Waals surface area contributed by atoms with Gasteiger partial charge < -0.3 is 5.32 Å². The summed E-state index contributed by atoms with van der Waals surface area (Å²) in [6.45, 7) is 0. The topological polar surface area (TPSA) is 85.6 Å². The first-order valence-corrected chi connectivity index (χ1v) is 10.5. The highest BCUT2D eigenvalue weighted by Crippen LogP contribution is 2.34. The number of thiazole rings is 1. The number of benzene rings is 1. The minimum Gasteiger partial charge on any atom is -0.312 e. The molecule has 1 aromatic carbocycles. The molecule has 4 rings (SSSR count). The van der Waals surface area contributed by atoms with Gasteiger partial charge in [0.2, 0.25) is 5.16 Å². The number of aromatic nitrogens is 5. The maximum Gasteiger partial charge on any atom is 0.256 e. The van der Waals surface area contributed by atoms with Gasteiger partial charge in [-0.2, -0.15) is 4.68 Å². The summed E-state index contributed by atoms with van der Waals surface area (Å²) >= 11 is 7.68. The SMILES string of the molecule is O=C(Nc1cnc(Sc2nnnn2-c2ccc(Br)s2)s1)c1ccccc1. The van der Waals surface area contributed by atoms with Crippen molar-refractivity contribution in [2.45, 2.75) is 9.50 Å². The van der Waals surface area contributed by atoms with Crippen LogP contribution in [-0.4, -0.2) is 31.1 Å². The Hall–Kier alpha value is -2.08. The lowest BCUT2D eigenvalue weighted by Gasteiger charge is -2.01. The van der Waals surface area contributed by atoms with E-state index in [1.54, 1.807) is 23.0 Å². The summed E-state index contributed by atoms with van der Waals surface area (Å²) in [4.78, 5) is 16.5. The van der Waals surface area contributed by atoms with Crippen LogP contribution in [0.4, 0.5) is 5.00 Å². The fraction of sp³-hybridized carbons (Fsp3) is 0. The number of hydrogen-bond donors (Lipinski definition) is 1. The fourth-order valence-electron chi connectivity index (χ4n) is 2.01. The summed E-state index contributed by atoms with van der Waals surface area (Å²) in [5.41, 5.74) is 0.599. The Morgan fingerprint density at radius 1 is 1.15 bits per heavy atom. The number of nitrogens with one attached hydrogen (secondary N) is 1. The number of amides is 1. The highest BCUT2D eigenvalue weighted by Gasteiger charge is 2.15. The second kappa shape index (κ2) is 7.66. The monoisotopic (exact) mass is 464 g/mol. The number of tetrazole rings is 1. The van der Waals surface area contributed by atoms with Crippen LogP contribution in [0.2, 0.25) is 0 Å². The smallest absolute Gasteiger partial charge is 0.256 e. The van der Waals surface area contributed by atoms with Gasteiger partial charge in [0.05, 0.1) is 9.98 Å². The number of rotatable bonds is 5. The van der Waals surface area contributed by atoms with Crippen molar-refractivity contribution >= 4 is 61.3 Å². The first kappa shape index (κ1) is 17.3. The highest BCUT2D eigenvalue weighted by atomic mass is 79.9. The molecule has 4 aromatic rings. The molecule has 0 aliphatic carbocycles. The van der Waals surface area contributed by atoms with E-state index in [1.807, 2.05) is 30.3 Å². The average Bonchev–Trinajstić information content (AvgIpc) is 3.38. The minimum absolute atomic E-state index is 0.168. The molecule has 1 N–H and O–H groups in total. The molecule has 0 bridgehead atoms. The minimum atomic E-state index is -0.168. The predicted octanol–water partition coefficient (Wildman–Crippen LogP) is 4.35. The molecular weight excluding hydrogens is 456 g/mol. The molecule has 11 heteroatoms. The zero-order valence-electron chi connectivity index (χ0n) is 12.9. The van der Waals surface area contributed by atoms with Gasteiger partial charge in [-0.05, 0) is 62.4 Å². The third-order valence-electron chi connectivity index (χ3n) is 3.14. The second-order valence-corrected chi connectivity index (χ2v) is 9.55. The Labute approximate surface area is 168 Å². The van der Waals surface area contributed by atoms with E-state index < -0.39 is 0 Å². The first-order chi connectivity index (χ1) is 12.7. The zero-order valence-corrected chi connectivity index (χ0v) is 16.9. The Bertz CT molecular complexity index is 1040. The molecule has 0 unspecified atom stereocenters. The number of anilines is 1. The molecule has 0 saturated heterocycles. The summed E-state index contributed by atoms with van der Waals surface area (Å²) < 4.78 is 3.39. The molecule has 1 amide bonds. The van der Waals surface area contributed by atoms with Crippen LogP contribution in [0.25, 0.3) is 5.00 Å². The Morgan fingerprint density at radius 2 is 2.00 bits per heavy atom. The zero-order chi connectivity index (χ0) is 17.9. The summed E-state index contributed by atoms with van der Waals surface area (Å²) in [6.07, 6.45) is 1.63. The van der Waals surface area contributed by atoms with E-state index in [1.165, 1.54) is 34.4 Å². The molecular formula is C15H9BrN6OS3. The fourth-order valence-corrected chi connectivity index (χ4v) is 5.15. The molecule has 26 heavy (non-hydrogen) atoms. The van der Waals surface area contributed by atoms with E-state index >= 15 is 0 Å². The van der Waals surface area contributed by atoms with Crippen molar-refractivity contribution in [3.8, 4) is 5.00 Å². The standard InChI is InChI=1S/C15H9BrN6OS3/c16-10-6-7-12(24-10)22-14(19-20-21-22)26-15-17-8-11(25-15)18-13(23)9-4-2-1-3-5-9/h1-8H,(H,18,23). The molecule has 0 radical (unpaired) electrons. The summed E-state index contributed by atoms with van der Waals surface area (Å²) in [5, 5.41) is 16.8. The van der Waals surface area contributed by atoms with Gasteiger partial charge in [-0.3, -0.25) is 4.79 Å². The lowest BCUT2D eigenvalue weighted by atomic mass is 10.2. The maximum absolute atomic E-state index is 12.2. The number of nitrogens with zero attached hydrogens (tertiary/aromatic N) is 5. The van der Waals surface area contributed by atoms with E-state index in [0.717, 1.165) is 13.1 Å². The lowest BCUT2D eigenvalue weighted by Crippen LogP contribution is -2.10. The van der Waals surface area contributed by atoms with Crippen LogP contribution in [-0.2, 0) is 0 Å². The molecule has 3 aromatic heterocycles. The molecule has 130 valence electrons. The summed E-state index contributed by atoms with van der Waals surface area (Å²) in [5.74, 6) is -0.168. The van der Waals surface area contributed by atoms with Crippen molar-refractivity contribution in [1.29, 1.82) is 0 Å². The van der Waals surface area contributed by atoms with Gasteiger partial charge in [0.15, 0.2) is 4.34 Å². The van der Waals surface area contributed by atoms with Crippen molar-refractivity contribution < 1.29 is 4.79 Å². The molecule has 0 aliphatic heterocycles. The molecule has 0 spiro atoms. The average molecular weight is 465 g/mol. The van der Waals surface area contributed by atoms with Gasteiger partial charge in [-0.15, -0.1) is 16.4 Å². The van der Waals surface area contributed by atoms with Crippen molar-refractivity contribution in [2.75, 3.05) is 5.32 Å². The number of carbonyl (C=O) groups excluding carboxylic acids is 1. The molecule has 3 heterocycles. The van der Waals surface area contributed by atoms with Crippen LogP contribution in [0.5, 0.6) is 0 Å². The summed E-state index contributed by atoms with van der Waals surface area (Å²) in [7, 11) is 0. The van der Waals surface area contributed by atoms with Gasteiger partial charge >= 0.3 is 0 Å². The lowest BCUT2D eigenvalue weighted by molar-refractivity contribution is 0.102. The molecule has 0 fully saturated rings. The van der Waals surface area contributed by atoms with Gasteiger partial charge in [0.25, 0.3) is 5.91 Å².